The van der Waals surface area contributed by atoms with E-state index in [-0.39, 0.29) is 11.8 Å². The molecule has 132 valence electrons. The molecule has 0 atom stereocenters. The van der Waals surface area contributed by atoms with E-state index in [0.717, 1.165) is 5.69 Å². The van der Waals surface area contributed by atoms with Crippen LogP contribution in [0.2, 0.25) is 0 Å². The summed E-state index contributed by atoms with van der Waals surface area (Å²) < 4.78 is 7.49. The van der Waals surface area contributed by atoms with Crippen LogP contribution < -0.4 is 10.1 Å². The maximum Gasteiger partial charge on any atom is 0.261 e. The number of rotatable bonds is 5. The highest BCUT2D eigenvalue weighted by Gasteiger charge is 2.15. The number of para-hydroxylation sites is 1. The van der Waals surface area contributed by atoms with Crippen molar-refractivity contribution in [3.05, 3.63) is 97.0 Å². The highest BCUT2D eigenvalue weighted by atomic mass is 16.5. The molecule has 0 aliphatic heterocycles. The van der Waals surface area contributed by atoms with Crippen molar-refractivity contribution in [1.29, 1.82) is 0 Å². The van der Waals surface area contributed by atoms with Crippen molar-refractivity contribution in [2.75, 3.05) is 5.32 Å². The molecule has 2 aromatic carbocycles. The molecule has 0 aliphatic rings. The van der Waals surface area contributed by atoms with Gasteiger partial charge in [-0.2, -0.15) is 5.10 Å². The van der Waals surface area contributed by atoms with Gasteiger partial charge >= 0.3 is 0 Å². The number of carbonyl (C=O) groups excluding carboxylic acids is 1. The average Bonchev–Trinajstić information content (AvgIpc) is 3.24. The van der Waals surface area contributed by atoms with Crippen LogP contribution in [0.3, 0.4) is 0 Å². The van der Waals surface area contributed by atoms with E-state index in [4.69, 9.17) is 4.74 Å². The van der Waals surface area contributed by atoms with Gasteiger partial charge in [0.15, 0.2) is 0 Å². The minimum absolute atomic E-state index is 0.254. The van der Waals surface area contributed by atoms with Crippen molar-refractivity contribution < 1.29 is 9.53 Å². The third-order valence-corrected chi connectivity index (χ3v) is 3.85. The van der Waals surface area contributed by atoms with Crippen LogP contribution in [0.15, 0.2) is 91.4 Å². The third kappa shape index (κ3) is 3.85. The van der Waals surface area contributed by atoms with Crippen molar-refractivity contribution >= 4 is 11.6 Å². The molecule has 2 aromatic heterocycles. The number of anilines is 1. The number of amides is 1. The van der Waals surface area contributed by atoms with Gasteiger partial charge in [-0.25, -0.2) is 9.67 Å². The molecule has 4 aromatic rings. The molecule has 0 radical (unpaired) electrons. The molecular formula is C21H16N4O2. The van der Waals surface area contributed by atoms with E-state index in [1.807, 2.05) is 66.9 Å². The zero-order chi connectivity index (χ0) is 18.5. The minimum atomic E-state index is -0.299. The molecule has 6 nitrogen and oxygen atoms in total. The van der Waals surface area contributed by atoms with Gasteiger partial charge in [0, 0.05) is 24.3 Å². The Morgan fingerprint density at radius 2 is 1.81 bits per heavy atom. The Balaban J connectivity index is 1.56. The number of pyridine rings is 1. The summed E-state index contributed by atoms with van der Waals surface area (Å²) in [5.74, 6) is 0.571. The Labute approximate surface area is 156 Å². The molecule has 0 unspecified atom stereocenters. The van der Waals surface area contributed by atoms with Crippen LogP contribution in [0, 0.1) is 0 Å². The number of nitrogens with one attached hydrogen (secondary N) is 1. The topological polar surface area (TPSA) is 69.0 Å². The molecule has 1 N–H and O–H groups in total. The number of hydrogen-bond donors (Lipinski definition) is 1. The lowest BCUT2D eigenvalue weighted by molar-refractivity contribution is 0.102. The first kappa shape index (κ1) is 16.5. The summed E-state index contributed by atoms with van der Waals surface area (Å²) in [7, 11) is 0. The van der Waals surface area contributed by atoms with E-state index < -0.39 is 0 Å². The zero-order valence-electron chi connectivity index (χ0n) is 14.3. The first-order valence-electron chi connectivity index (χ1n) is 8.39. The maximum absolute atomic E-state index is 12.8. The second-order valence-corrected chi connectivity index (χ2v) is 5.73. The third-order valence-electron chi connectivity index (χ3n) is 3.85. The van der Waals surface area contributed by atoms with Gasteiger partial charge in [0.1, 0.15) is 11.3 Å². The fourth-order valence-corrected chi connectivity index (χ4v) is 2.59. The van der Waals surface area contributed by atoms with Crippen LogP contribution in [-0.4, -0.2) is 20.7 Å². The van der Waals surface area contributed by atoms with E-state index >= 15 is 0 Å². The minimum Gasteiger partial charge on any atom is -0.438 e. The first-order valence-corrected chi connectivity index (χ1v) is 8.39. The van der Waals surface area contributed by atoms with E-state index in [9.17, 15) is 4.79 Å². The Hall–Kier alpha value is -3.93. The Bertz CT molecular complexity index is 1050. The number of hydrogen-bond acceptors (Lipinski definition) is 4. The van der Waals surface area contributed by atoms with Gasteiger partial charge in [-0.1, -0.05) is 24.3 Å². The second-order valence-electron chi connectivity index (χ2n) is 5.73. The molecule has 2 heterocycles. The molecule has 0 saturated heterocycles. The van der Waals surface area contributed by atoms with Gasteiger partial charge in [0.05, 0.1) is 5.69 Å². The van der Waals surface area contributed by atoms with Crippen LogP contribution >= 0.6 is 0 Å². The SMILES string of the molecule is O=C(Nc1cccc(-n2cccn2)c1)c1cccnc1Oc1ccccc1. The fraction of sp³-hybridized carbons (Fsp3) is 0. The zero-order valence-corrected chi connectivity index (χ0v) is 14.3. The number of nitrogens with zero attached hydrogens (tertiary/aromatic N) is 3. The number of benzene rings is 2. The predicted molar refractivity (Wildman–Crippen MR) is 102 cm³/mol. The Kier molecular flexibility index (Phi) is 4.61. The van der Waals surface area contributed by atoms with Gasteiger partial charge in [0.25, 0.3) is 5.91 Å². The van der Waals surface area contributed by atoms with E-state index in [2.05, 4.69) is 15.4 Å². The summed E-state index contributed by atoms with van der Waals surface area (Å²) in [4.78, 5) is 17.0. The van der Waals surface area contributed by atoms with Crippen molar-refractivity contribution in [3.63, 3.8) is 0 Å². The normalized spacial score (nSPS) is 10.4. The van der Waals surface area contributed by atoms with Crippen molar-refractivity contribution in [2.45, 2.75) is 0 Å². The molecule has 0 saturated carbocycles. The smallest absolute Gasteiger partial charge is 0.261 e. The summed E-state index contributed by atoms with van der Waals surface area (Å²) in [5.41, 5.74) is 1.86. The Morgan fingerprint density at radius 1 is 0.926 bits per heavy atom. The second kappa shape index (κ2) is 7.53. The number of aromatic nitrogens is 3. The van der Waals surface area contributed by atoms with Gasteiger partial charge in [-0.05, 0) is 48.5 Å². The molecule has 6 heteroatoms. The molecule has 0 aliphatic carbocycles. The van der Waals surface area contributed by atoms with Gasteiger partial charge in [-0.15, -0.1) is 0 Å². The summed E-state index contributed by atoms with van der Waals surface area (Å²) in [5, 5.41) is 7.09. The quantitative estimate of drug-likeness (QED) is 0.578. The van der Waals surface area contributed by atoms with E-state index in [1.165, 1.54) is 0 Å². The van der Waals surface area contributed by atoms with Crippen LogP contribution in [0.1, 0.15) is 10.4 Å². The predicted octanol–water partition coefficient (Wildman–Crippen LogP) is 4.31. The monoisotopic (exact) mass is 356 g/mol. The highest BCUT2D eigenvalue weighted by molar-refractivity contribution is 6.06. The van der Waals surface area contributed by atoms with Crippen molar-refractivity contribution in [3.8, 4) is 17.3 Å². The lowest BCUT2D eigenvalue weighted by atomic mass is 10.2. The summed E-state index contributed by atoms with van der Waals surface area (Å²) in [6.07, 6.45) is 5.13. The average molecular weight is 356 g/mol. The molecule has 0 fully saturated rings. The van der Waals surface area contributed by atoms with Gasteiger partial charge in [-0.3, -0.25) is 4.79 Å². The van der Waals surface area contributed by atoms with Crippen molar-refractivity contribution in [2.24, 2.45) is 0 Å². The van der Waals surface area contributed by atoms with Gasteiger partial charge in [0.2, 0.25) is 5.88 Å². The van der Waals surface area contributed by atoms with Crippen LogP contribution in [-0.2, 0) is 0 Å². The van der Waals surface area contributed by atoms with Crippen molar-refractivity contribution in [1.82, 2.24) is 14.8 Å². The molecule has 0 bridgehead atoms. The highest BCUT2D eigenvalue weighted by Crippen LogP contribution is 2.24. The summed E-state index contributed by atoms with van der Waals surface area (Å²) in [6.45, 7) is 0. The van der Waals surface area contributed by atoms with Gasteiger partial charge < -0.3 is 10.1 Å². The molecule has 1 amide bonds. The standard InChI is InChI=1S/C21H16N4O2/c26-20(24-16-7-4-8-17(15-16)25-14-6-13-23-25)19-11-5-12-22-21(19)27-18-9-2-1-3-10-18/h1-15H,(H,24,26). The van der Waals surface area contributed by atoms with Crippen LogP contribution in [0.5, 0.6) is 11.6 Å². The lowest BCUT2D eigenvalue weighted by Crippen LogP contribution is -2.14. The van der Waals surface area contributed by atoms with Crippen LogP contribution in [0.4, 0.5) is 5.69 Å². The first-order chi connectivity index (χ1) is 13.3. The van der Waals surface area contributed by atoms with E-state index in [0.29, 0.717) is 17.0 Å². The number of carbonyl (C=O) groups is 1. The fourth-order valence-electron chi connectivity index (χ4n) is 2.59. The molecule has 4 rings (SSSR count). The molecule has 0 spiro atoms. The summed E-state index contributed by atoms with van der Waals surface area (Å²) >= 11 is 0. The van der Waals surface area contributed by atoms with Crippen LogP contribution in [0.25, 0.3) is 5.69 Å². The molecule has 27 heavy (non-hydrogen) atoms. The Morgan fingerprint density at radius 3 is 2.63 bits per heavy atom. The largest absolute Gasteiger partial charge is 0.438 e. The maximum atomic E-state index is 12.8. The van der Waals surface area contributed by atoms with E-state index in [1.54, 1.807) is 29.2 Å². The lowest BCUT2D eigenvalue weighted by Gasteiger charge is -2.11. The number of ether oxygens (including phenoxy) is 1. The summed E-state index contributed by atoms with van der Waals surface area (Å²) in [6, 6.07) is 21.9. The molecular weight excluding hydrogens is 340 g/mol.